The minimum absolute atomic E-state index is 0.0107. The molecule has 1 saturated heterocycles. The number of rotatable bonds is 5. The molecular weight excluding hydrogens is 366 g/mol. The third-order valence-corrected chi connectivity index (χ3v) is 6.56. The lowest BCUT2D eigenvalue weighted by molar-refractivity contribution is -0.130. The van der Waals surface area contributed by atoms with Crippen molar-refractivity contribution < 1.29 is 22.4 Å². The summed E-state index contributed by atoms with van der Waals surface area (Å²) >= 11 is 1.21. The minimum Gasteiger partial charge on any atom is -0.459 e. The Hall–Kier alpha value is -2.20. The Kier molecular flexibility index (Phi) is 4.91. The van der Waals surface area contributed by atoms with Crippen LogP contribution in [0.3, 0.4) is 0 Å². The van der Waals surface area contributed by atoms with Gasteiger partial charge in [-0.1, -0.05) is 0 Å². The van der Waals surface area contributed by atoms with Crippen LogP contribution in [0.15, 0.2) is 28.2 Å². The Morgan fingerprint density at radius 1 is 1.48 bits per heavy atom. The third-order valence-electron chi connectivity index (χ3n) is 4.00. The van der Waals surface area contributed by atoms with Gasteiger partial charge in [-0.05, 0) is 18.6 Å². The number of hydrogen-bond donors (Lipinski definition) is 1. The van der Waals surface area contributed by atoms with Gasteiger partial charge in [-0.3, -0.25) is 14.9 Å². The molecule has 1 fully saturated rings. The molecule has 3 heterocycles. The molecule has 2 amide bonds. The van der Waals surface area contributed by atoms with Crippen molar-refractivity contribution in [3.8, 4) is 0 Å². The maximum absolute atomic E-state index is 12.3. The number of thiazole rings is 1. The second-order valence-electron chi connectivity index (χ2n) is 5.81. The molecule has 0 radical (unpaired) electrons. The van der Waals surface area contributed by atoms with E-state index in [1.54, 1.807) is 18.5 Å². The zero-order chi connectivity index (χ0) is 18.0. The number of carbonyl (C=O) groups is 2. The highest BCUT2D eigenvalue weighted by Crippen LogP contribution is 2.20. The molecule has 1 atom stereocenters. The van der Waals surface area contributed by atoms with Gasteiger partial charge in [-0.2, -0.15) is 0 Å². The third kappa shape index (κ3) is 4.26. The molecule has 0 aromatic carbocycles. The molecule has 0 saturated carbocycles. The van der Waals surface area contributed by atoms with Crippen molar-refractivity contribution in [2.24, 2.45) is 0 Å². The lowest BCUT2D eigenvalue weighted by atomic mass is 10.2. The van der Waals surface area contributed by atoms with Crippen molar-refractivity contribution in [1.29, 1.82) is 0 Å². The number of furan rings is 1. The van der Waals surface area contributed by atoms with Crippen LogP contribution < -0.4 is 5.32 Å². The fourth-order valence-electron chi connectivity index (χ4n) is 2.58. The molecule has 2 aromatic rings. The predicted octanol–water partition coefficient (Wildman–Crippen LogP) is 1.18. The van der Waals surface area contributed by atoms with Crippen molar-refractivity contribution in [2.75, 3.05) is 23.9 Å². The number of aromatic nitrogens is 1. The van der Waals surface area contributed by atoms with E-state index < -0.39 is 15.7 Å². The summed E-state index contributed by atoms with van der Waals surface area (Å²) in [5.41, 5.74) is 0.525. The molecule has 0 unspecified atom stereocenters. The fourth-order valence-corrected chi connectivity index (χ4v) is 5.06. The van der Waals surface area contributed by atoms with Crippen LogP contribution >= 0.6 is 11.3 Å². The molecule has 134 valence electrons. The number of hydrogen-bond acceptors (Lipinski definition) is 7. The first kappa shape index (κ1) is 17.6. The predicted molar refractivity (Wildman–Crippen MR) is 92.3 cm³/mol. The average Bonchev–Trinajstić information content (AvgIpc) is 3.27. The van der Waals surface area contributed by atoms with Crippen LogP contribution in [-0.2, 0) is 21.1 Å². The first-order valence-corrected chi connectivity index (χ1v) is 10.3. The van der Waals surface area contributed by atoms with Crippen LogP contribution in [0.2, 0.25) is 0 Å². The maximum atomic E-state index is 12.3. The summed E-state index contributed by atoms with van der Waals surface area (Å²) in [4.78, 5) is 29.9. The van der Waals surface area contributed by atoms with Crippen LogP contribution in [0.1, 0.15) is 22.7 Å². The molecule has 3 rings (SSSR count). The lowest BCUT2D eigenvalue weighted by Gasteiger charge is -2.23. The molecule has 1 N–H and O–H groups in total. The molecule has 10 heteroatoms. The molecule has 1 aliphatic rings. The van der Waals surface area contributed by atoms with Gasteiger partial charge in [0.2, 0.25) is 5.91 Å². The molecular formula is C15H17N3O5S2. The monoisotopic (exact) mass is 383 g/mol. The van der Waals surface area contributed by atoms with E-state index in [1.807, 2.05) is 0 Å². The van der Waals surface area contributed by atoms with Crippen molar-refractivity contribution in [3.63, 3.8) is 0 Å². The highest BCUT2D eigenvalue weighted by molar-refractivity contribution is 7.91. The number of carbonyl (C=O) groups excluding carboxylic acids is 2. The Balaban J connectivity index is 1.57. The molecule has 2 aromatic heterocycles. The van der Waals surface area contributed by atoms with E-state index in [4.69, 9.17) is 4.42 Å². The summed E-state index contributed by atoms with van der Waals surface area (Å²) in [6, 6.07) is 2.87. The quantitative estimate of drug-likeness (QED) is 0.830. The Morgan fingerprint density at radius 3 is 2.92 bits per heavy atom. The first-order valence-electron chi connectivity index (χ1n) is 7.59. The lowest BCUT2D eigenvalue weighted by Crippen LogP contribution is -2.38. The maximum Gasteiger partial charge on any atom is 0.293 e. The van der Waals surface area contributed by atoms with E-state index >= 15 is 0 Å². The van der Waals surface area contributed by atoms with Crippen LogP contribution in [-0.4, -0.2) is 54.7 Å². The Bertz CT molecular complexity index is 873. The summed E-state index contributed by atoms with van der Waals surface area (Å²) in [7, 11) is -1.43. The van der Waals surface area contributed by atoms with Crippen LogP contribution in [0.5, 0.6) is 0 Å². The second kappa shape index (κ2) is 6.96. The largest absolute Gasteiger partial charge is 0.459 e. The molecule has 1 aliphatic heterocycles. The fraction of sp³-hybridized carbons (Fsp3) is 0.400. The van der Waals surface area contributed by atoms with Crippen LogP contribution in [0.4, 0.5) is 5.13 Å². The van der Waals surface area contributed by atoms with E-state index in [-0.39, 0.29) is 35.6 Å². The molecule has 25 heavy (non-hydrogen) atoms. The smallest absolute Gasteiger partial charge is 0.293 e. The van der Waals surface area contributed by atoms with Gasteiger partial charge in [-0.25, -0.2) is 13.4 Å². The van der Waals surface area contributed by atoms with Crippen molar-refractivity contribution in [3.05, 3.63) is 35.2 Å². The van der Waals surface area contributed by atoms with Gasteiger partial charge in [0.15, 0.2) is 20.7 Å². The van der Waals surface area contributed by atoms with Crippen molar-refractivity contribution in [2.45, 2.75) is 18.9 Å². The topological polar surface area (TPSA) is 110 Å². The summed E-state index contributed by atoms with van der Waals surface area (Å²) in [6.45, 7) is 0. The minimum atomic E-state index is -3.04. The zero-order valence-corrected chi connectivity index (χ0v) is 15.1. The SMILES string of the molecule is CN(C(=O)Cc1csc(NC(=O)c2ccco2)n1)[C@@H]1CCS(=O)(=O)C1. The Labute approximate surface area is 148 Å². The van der Waals surface area contributed by atoms with Crippen LogP contribution in [0.25, 0.3) is 0 Å². The standard InChI is InChI=1S/C15H17N3O5S2/c1-18(11-4-6-25(21,22)9-11)13(19)7-10-8-24-15(16-10)17-14(20)12-3-2-5-23-12/h2-3,5,8,11H,4,6-7,9H2,1H3,(H,16,17,20)/t11-/m1/s1. The summed E-state index contributed by atoms with van der Waals surface area (Å²) in [6.07, 6.45) is 1.92. The van der Waals surface area contributed by atoms with E-state index in [1.165, 1.54) is 28.6 Å². The average molecular weight is 383 g/mol. The zero-order valence-electron chi connectivity index (χ0n) is 13.5. The highest BCUT2D eigenvalue weighted by atomic mass is 32.2. The van der Waals surface area contributed by atoms with Gasteiger partial charge in [0.1, 0.15) is 0 Å². The van der Waals surface area contributed by atoms with Gasteiger partial charge >= 0.3 is 0 Å². The summed E-state index contributed by atoms with van der Waals surface area (Å²) in [5, 5.41) is 4.66. The van der Waals surface area contributed by atoms with E-state index in [2.05, 4.69) is 10.3 Å². The van der Waals surface area contributed by atoms with Crippen molar-refractivity contribution >= 4 is 38.1 Å². The van der Waals surface area contributed by atoms with Gasteiger partial charge in [0.25, 0.3) is 5.91 Å². The first-order chi connectivity index (χ1) is 11.8. The van der Waals surface area contributed by atoms with Crippen LogP contribution in [0, 0.1) is 0 Å². The number of nitrogens with one attached hydrogen (secondary N) is 1. The number of amides is 2. The Morgan fingerprint density at radius 2 is 2.28 bits per heavy atom. The number of anilines is 1. The van der Waals surface area contributed by atoms with Crippen molar-refractivity contribution in [1.82, 2.24) is 9.88 Å². The van der Waals surface area contributed by atoms with E-state index in [0.717, 1.165) is 0 Å². The molecule has 0 aliphatic carbocycles. The molecule has 0 spiro atoms. The van der Waals surface area contributed by atoms with Gasteiger partial charge in [-0.15, -0.1) is 11.3 Å². The number of nitrogens with zero attached hydrogens (tertiary/aromatic N) is 2. The molecule has 0 bridgehead atoms. The van der Waals surface area contributed by atoms with Gasteiger partial charge in [0.05, 0.1) is 29.9 Å². The number of sulfone groups is 1. The normalized spacial score (nSPS) is 18.8. The van der Waals surface area contributed by atoms with E-state index in [9.17, 15) is 18.0 Å². The highest BCUT2D eigenvalue weighted by Gasteiger charge is 2.32. The van der Waals surface area contributed by atoms with Gasteiger partial charge < -0.3 is 9.32 Å². The van der Waals surface area contributed by atoms with E-state index in [0.29, 0.717) is 17.2 Å². The second-order valence-corrected chi connectivity index (χ2v) is 8.90. The summed E-state index contributed by atoms with van der Waals surface area (Å²) in [5.74, 6) is -0.303. The van der Waals surface area contributed by atoms with Gasteiger partial charge in [0, 0.05) is 18.5 Å². The number of likely N-dealkylation sites (N-methyl/N-ethyl adjacent to an activating group) is 1. The molecule has 8 nitrogen and oxygen atoms in total. The summed E-state index contributed by atoms with van der Waals surface area (Å²) < 4.78 is 28.1.